The zero-order chi connectivity index (χ0) is 14.2. The van der Waals surface area contributed by atoms with Crippen molar-refractivity contribution in [1.29, 1.82) is 0 Å². The van der Waals surface area contributed by atoms with Crippen molar-refractivity contribution in [2.45, 2.75) is 18.9 Å². The molecule has 0 fully saturated rings. The number of hydrogen-bond donors (Lipinski definition) is 1. The molecule has 4 rings (SSSR count). The Labute approximate surface area is 122 Å². The van der Waals surface area contributed by atoms with Crippen molar-refractivity contribution in [3.8, 4) is 11.4 Å². The summed E-state index contributed by atoms with van der Waals surface area (Å²) in [5.74, 6) is 1.26. The van der Waals surface area contributed by atoms with Crippen molar-refractivity contribution >= 4 is 5.69 Å². The summed E-state index contributed by atoms with van der Waals surface area (Å²) in [4.78, 5) is 0. The lowest BCUT2D eigenvalue weighted by atomic mass is 9.77. The van der Waals surface area contributed by atoms with Crippen molar-refractivity contribution in [1.82, 2.24) is 20.2 Å². The molecule has 5 nitrogen and oxygen atoms in total. The maximum Gasteiger partial charge on any atom is 0.182 e. The molecule has 1 aliphatic rings. The number of benzene rings is 2. The Morgan fingerprint density at radius 3 is 2.90 bits per heavy atom. The molecule has 1 aliphatic carbocycles. The Morgan fingerprint density at radius 1 is 1.14 bits per heavy atom. The van der Waals surface area contributed by atoms with Crippen LogP contribution in [0.1, 0.15) is 17.0 Å². The third kappa shape index (κ3) is 2.07. The lowest BCUT2D eigenvalue weighted by Crippen LogP contribution is -2.22. The zero-order valence-electron chi connectivity index (χ0n) is 11.5. The van der Waals surface area contributed by atoms with E-state index in [1.165, 1.54) is 11.1 Å². The number of nitrogen functional groups attached to an aromatic ring is 1. The summed E-state index contributed by atoms with van der Waals surface area (Å²) in [6.45, 7) is 0.800. The van der Waals surface area contributed by atoms with Gasteiger partial charge in [-0.2, -0.15) is 0 Å². The predicted molar refractivity (Wildman–Crippen MR) is 80.6 cm³/mol. The van der Waals surface area contributed by atoms with Crippen molar-refractivity contribution in [2.24, 2.45) is 0 Å². The molecule has 1 heterocycles. The van der Waals surface area contributed by atoms with E-state index in [2.05, 4.69) is 39.8 Å². The minimum Gasteiger partial charge on any atom is -0.399 e. The summed E-state index contributed by atoms with van der Waals surface area (Å²) in [5.41, 5.74) is 10.3. The van der Waals surface area contributed by atoms with E-state index in [0.29, 0.717) is 5.92 Å². The smallest absolute Gasteiger partial charge is 0.182 e. The highest BCUT2D eigenvalue weighted by Gasteiger charge is 2.27. The second-order valence-electron chi connectivity index (χ2n) is 5.41. The highest BCUT2D eigenvalue weighted by molar-refractivity contribution is 5.60. The summed E-state index contributed by atoms with van der Waals surface area (Å²) < 4.78 is 1.87. The first-order valence-electron chi connectivity index (χ1n) is 7.01. The minimum absolute atomic E-state index is 0.490. The van der Waals surface area contributed by atoms with Gasteiger partial charge in [0.2, 0.25) is 0 Å². The van der Waals surface area contributed by atoms with Crippen LogP contribution in [0.3, 0.4) is 0 Å². The number of anilines is 1. The van der Waals surface area contributed by atoms with E-state index >= 15 is 0 Å². The predicted octanol–water partition coefficient (Wildman–Crippen LogP) is 2.26. The fraction of sp³-hybridized carbons (Fsp3) is 0.188. The minimum atomic E-state index is 0.490. The number of rotatable bonds is 3. The molecule has 2 aromatic carbocycles. The number of nitrogens with zero attached hydrogens (tertiary/aromatic N) is 4. The van der Waals surface area contributed by atoms with Crippen molar-refractivity contribution in [3.05, 3.63) is 59.7 Å². The van der Waals surface area contributed by atoms with Gasteiger partial charge in [-0.05, 0) is 40.1 Å². The van der Waals surface area contributed by atoms with E-state index in [-0.39, 0.29) is 0 Å². The zero-order valence-corrected chi connectivity index (χ0v) is 11.5. The number of tetrazole rings is 1. The summed E-state index contributed by atoms with van der Waals surface area (Å²) in [5, 5.41) is 12.1. The second-order valence-corrected chi connectivity index (χ2v) is 5.41. The van der Waals surface area contributed by atoms with Gasteiger partial charge in [0.25, 0.3) is 0 Å². The molecule has 5 heteroatoms. The molecular formula is C16H15N5. The average molecular weight is 277 g/mol. The van der Waals surface area contributed by atoms with Crippen molar-refractivity contribution in [2.75, 3.05) is 5.73 Å². The van der Waals surface area contributed by atoms with E-state index < -0.39 is 0 Å². The van der Waals surface area contributed by atoms with Crippen LogP contribution < -0.4 is 5.73 Å². The van der Waals surface area contributed by atoms with Crippen molar-refractivity contribution in [3.63, 3.8) is 0 Å². The summed E-state index contributed by atoms with van der Waals surface area (Å²) in [7, 11) is 0. The van der Waals surface area contributed by atoms with Crippen LogP contribution in [-0.2, 0) is 13.0 Å². The first-order valence-corrected chi connectivity index (χ1v) is 7.01. The molecular weight excluding hydrogens is 262 g/mol. The summed E-state index contributed by atoms with van der Waals surface area (Å²) in [6.07, 6.45) is 1.09. The molecule has 0 radical (unpaired) electrons. The van der Waals surface area contributed by atoms with E-state index in [1.54, 1.807) is 0 Å². The first kappa shape index (κ1) is 12.1. The standard InChI is InChI=1S/C16H15N5/c17-14-6-3-5-12(9-14)16-18-19-20-21(16)10-13-8-11-4-1-2-7-15(11)13/h1-7,9,13H,8,10,17H2. The van der Waals surface area contributed by atoms with Crippen LogP contribution in [0, 0.1) is 0 Å². The fourth-order valence-electron chi connectivity index (χ4n) is 2.95. The van der Waals surface area contributed by atoms with E-state index in [4.69, 9.17) is 5.73 Å². The van der Waals surface area contributed by atoms with Crippen LogP contribution >= 0.6 is 0 Å². The first-order chi connectivity index (χ1) is 10.3. The Hall–Kier alpha value is -2.69. The number of aromatic nitrogens is 4. The molecule has 0 aliphatic heterocycles. The fourth-order valence-corrected chi connectivity index (χ4v) is 2.95. The Kier molecular flexibility index (Phi) is 2.70. The quantitative estimate of drug-likeness (QED) is 0.745. The Balaban J connectivity index is 1.62. The van der Waals surface area contributed by atoms with E-state index in [0.717, 1.165) is 30.0 Å². The molecule has 104 valence electrons. The SMILES string of the molecule is Nc1cccc(-c2nnnn2CC2Cc3ccccc32)c1. The molecule has 0 amide bonds. The Bertz CT molecular complexity index is 793. The summed E-state index contributed by atoms with van der Waals surface area (Å²) in [6, 6.07) is 16.2. The van der Waals surface area contributed by atoms with Gasteiger partial charge in [0.1, 0.15) is 0 Å². The lowest BCUT2D eigenvalue weighted by Gasteiger charge is -2.29. The van der Waals surface area contributed by atoms with Crippen LogP contribution in [0.15, 0.2) is 48.5 Å². The van der Waals surface area contributed by atoms with Gasteiger partial charge in [0.05, 0.1) is 6.54 Å². The van der Waals surface area contributed by atoms with Gasteiger partial charge in [-0.15, -0.1) is 5.10 Å². The van der Waals surface area contributed by atoms with E-state index in [1.807, 2.05) is 28.9 Å². The van der Waals surface area contributed by atoms with Gasteiger partial charge in [-0.3, -0.25) is 0 Å². The largest absolute Gasteiger partial charge is 0.399 e. The molecule has 2 N–H and O–H groups in total. The maximum atomic E-state index is 5.84. The molecule has 1 unspecified atom stereocenters. The third-order valence-electron chi connectivity index (χ3n) is 4.03. The highest BCUT2D eigenvalue weighted by Crippen LogP contribution is 2.36. The van der Waals surface area contributed by atoms with Crippen LogP contribution in [0.25, 0.3) is 11.4 Å². The van der Waals surface area contributed by atoms with Gasteiger partial charge >= 0.3 is 0 Å². The van der Waals surface area contributed by atoms with Gasteiger partial charge in [-0.1, -0.05) is 36.4 Å². The molecule has 0 saturated heterocycles. The number of nitrogens with two attached hydrogens (primary N) is 1. The molecule has 3 aromatic rings. The van der Waals surface area contributed by atoms with E-state index in [9.17, 15) is 0 Å². The summed E-state index contributed by atoms with van der Waals surface area (Å²) >= 11 is 0. The molecule has 0 bridgehead atoms. The monoisotopic (exact) mass is 277 g/mol. The molecule has 1 atom stereocenters. The average Bonchev–Trinajstić information content (AvgIpc) is 2.93. The third-order valence-corrected chi connectivity index (χ3v) is 4.03. The highest BCUT2D eigenvalue weighted by atomic mass is 15.5. The van der Waals surface area contributed by atoms with Gasteiger partial charge in [0.15, 0.2) is 5.82 Å². The van der Waals surface area contributed by atoms with Gasteiger partial charge < -0.3 is 5.73 Å². The van der Waals surface area contributed by atoms with Crippen molar-refractivity contribution < 1.29 is 0 Å². The lowest BCUT2D eigenvalue weighted by molar-refractivity contribution is 0.469. The van der Waals surface area contributed by atoms with Gasteiger partial charge in [-0.25, -0.2) is 4.68 Å². The normalized spacial score (nSPS) is 16.3. The topological polar surface area (TPSA) is 69.6 Å². The van der Waals surface area contributed by atoms with Crippen LogP contribution in [0.5, 0.6) is 0 Å². The van der Waals surface area contributed by atoms with Crippen LogP contribution in [0.2, 0.25) is 0 Å². The molecule has 0 saturated carbocycles. The number of hydrogen-bond acceptors (Lipinski definition) is 4. The molecule has 21 heavy (non-hydrogen) atoms. The maximum absolute atomic E-state index is 5.84. The van der Waals surface area contributed by atoms with Crippen LogP contribution in [0.4, 0.5) is 5.69 Å². The van der Waals surface area contributed by atoms with Gasteiger partial charge in [0, 0.05) is 17.2 Å². The second kappa shape index (κ2) is 4.70. The number of fused-ring (bicyclic) bond motifs is 1. The Morgan fingerprint density at radius 2 is 2.05 bits per heavy atom. The molecule has 1 aromatic heterocycles. The molecule has 0 spiro atoms. The van der Waals surface area contributed by atoms with Crippen LogP contribution in [-0.4, -0.2) is 20.2 Å².